The van der Waals surface area contributed by atoms with Gasteiger partial charge in [-0.25, -0.2) is 4.98 Å². The van der Waals surface area contributed by atoms with Gasteiger partial charge in [0.15, 0.2) is 5.13 Å². The highest BCUT2D eigenvalue weighted by atomic mass is 32.1. The quantitative estimate of drug-likeness (QED) is 0.721. The van der Waals surface area contributed by atoms with Crippen LogP contribution in [-0.4, -0.2) is 22.8 Å². The normalized spacial score (nSPS) is 23.3. The summed E-state index contributed by atoms with van der Waals surface area (Å²) in [5.74, 6) is 0.586. The molecule has 3 rings (SSSR count). The van der Waals surface area contributed by atoms with Crippen LogP contribution in [0.25, 0.3) is 0 Å². The molecule has 2 aliphatic rings. The van der Waals surface area contributed by atoms with Gasteiger partial charge in [-0.05, 0) is 51.4 Å². The fourth-order valence-corrected chi connectivity index (χ4v) is 5.31. The Morgan fingerprint density at radius 2 is 1.67 bits per heavy atom. The molecule has 27 heavy (non-hydrogen) atoms. The molecular formula is C21H33N3O2S. The van der Waals surface area contributed by atoms with Crippen LogP contribution in [0.15, 0.2) is 0 Å². The van der Waals surface area contributed by atoms with E-state index in [1.165, 1.54) is 17.7 Å². The first kappa shape index (κ1) is 20.3. The summed E-state index contributed by atoms with van der Waals surface area (Å²) in [6.07, 6.45) is 10.9. The summed E-state index contributed by atoms with van der Waals surface area (Å²) in [4.78, 5) is 30.8. The van der Waals surface area contributed by atoms with Crippen LogP contribution in [0.2, 0.25) is 0 Å². The highest BCUT2D eigenvalue weighted by Crippen LogP contribution is 2.30. The van der Waals surface area contributed by atoms with Gasteiger partial charge < -0.3 is 10.6 Å². The third kappa shape index (κ3) is 5.31. The first-order valence-corrected chi connectivity index (χ1v) is 11.5. The smallest absolute Gasteiger partial charge is 0.229 e. The second kappa shape index (κ2) is 9.67. The number of hydrogen-bond donors (Lipinski definition) is 2. The lowest BCUT2D eigenvalue weighted by Gasteiger charge is -2.29. The van der Waals surface area contributed by atoms with E-state index >= 15 is 0 Å². The number of nitrogens with one attached hydrogen (secondary N) is 2. The molecule has 0 aromatic carbocycles. The Kier molecular flexibility index (Phi) is 7.27. The monoisotopic (exact) mass is 391 g/mol. The third-order valence-electron chi connectivity index (χ3n) is 5.99. The van der Waals surface area contributed by atoms with Gasteiger partial charge in [0.25, 0.3) is 0 Å². The van der Waals surface area contributed by atoms with Gasteiger partial charge in [0.2, 0.25) is 11.8 Å². The van der Waals surface area contributed by atoms with Crippen LogP contribution in [0.4, 0.5) is 5.13 Å². The zero-order chi connectivity index (χ0) is 19.2. The standard InChI is InChI=1S/C21H33N3O2S/c1-3-7-17-18(4-2)27-21(23-17)24-20(26)15-10-12-16(13-11-15)22-19(25)14-8-5-6-9-14/h14-16H,3-13H2,1-2H3,(H,22,25)(H,23,24,26). The van der Waals surface area contributed by atoms with E-state index in [9.17, 15) is 9.59 Å². The summed E-state index contributed by atoms with van der Waals surface area (Å²) in [6, 6.07) is 0.241. The number of nitrogens with zero attached hydrogens (tertiary/aromatic N) is 1. The number of aryl methyl sites for hydroxylation is 2. The Morgan fingerprint density at radius 3 is 2.30 bits per heavy atom. The van der Waals surface area contributed by atoms with Crippen molar-refractivity contribution in [2.45, 2.75) is 90.5 Å². The molecule has 0 bridgehead atoms. The van der Waals surface area contributed by atoms with Gasteiger partial charge in [-0.3, -0.25) is 9.59 Å². The van der Waals surface area contributed by atoms with Crippen molar-refractivity contribution >= 4 is 28.3 Å². The van der Waals surface area contributed by atoms with Gasteiger partial charge in [0, 0.05) is 22.8 Å². The number of carbonyl (C=O) groups excluding carboxylic acids is 2. The van der Waals surface area contributed by atoms with Crippen molar-refractivity contribution in [1.82, 2.24) is 10.3 Å². The molecule has 0 spiro atoms. The predicted octanol–water partition coefficient (Wildman–Crippen LogP) is 4.46. The van der Waals surface area contributed by atoms with Crippen molar-refractivity contribution in [2.75, 3.05) is 5.32 Å². The lowest BCUT2D eigenvalue weighted by Crippen LogP contribution is -2.41. The largest absolute Gasteiger partial charge is 0.353 e. The molecule has 1 aromatic rings. The van der Waals surface area contributed by atoms with Crippen LogP contribution in [0.3, 0.4) is 0 Å². The second-order valence-electron chi connectivity index (χ2n) is 8.02. The summed E-state index contributed by atoms with van der Waals surface area (Å²) < 4.78 is 0. The Bertz CT molecular complexity index is 644. The average molecular weight is 392 g/mol. The predicted molar refractivity (Wildman–Crippen MR) is 110 cm³/mol. The first-order valence-electron chi connectivity index (χ1n) is 10.7. The van der Waals surface area contributed by atoms with Crippen molar-refractivity contribution in [3.63, 3.8) is 0 Å². The van der Waals surface area contributed by atoms with Crippen molar-refractivity contribution in [3.8, 4) is 0 Å². The lowest BCUT2D eigenvalue weighted by atomic mass is 9.85. The van der Waals surface area contributed by atoms with E-state index < -0.39 is 0 Å². The molecule has 0 radical (unpaired) electrons. The minimum atomic E-state index is 0.0354. The Hall–Kier alpha value is -1.43. The van der Waals surface area contributed by atoms with E-state index in [4.69, 9.17) is 0 Å². The molecule has 1 heterocycles. The van der Waals surface area contributed by atoms with Gasteiger partial charge >= 0.3 is 0 Å². The van der Waals surface area contributed by atoms with Crippen LogP contribution in [0, 0.1) is 11.8 Å². The van der Waals surface area contributed by atoms with Gasteiger partial charge in [0.1, 0.15) is 0 Å². The molecule has 0 aliphatic heterocycles. The minimum Gasteiger partial charge on any atom is -0.353 e. The maximum atomic E-state index is 12.6. The van der Waals surface area contributed by atoms with E-state index in [1.807, 2.05) is 0 Å². The summed E-state index contributed by atoms with van der Waals surface area (Å²) in [5.41, 5.74) is 1.14. The van der Waals surface area contributed by atoms with Gasteiger partial charge in [0.05, 0.1) is 5.69 Å². The number of carbonyl (C=O) groups is 2. The third-order valence-corrected chi connectivity index (χ3v) is 7.14. The van der Waals surface area contributed by atoms with Crippen LogP contribution in [-0.2, 0) is 22.4 Å². The van der Waals surface area contributed by atoms with Crippen molar-refractivity contribution in [3.05, 3.63) is 10.6 Å². The van der Waals surface area contributed by atoms with Gasteiger partial charge in [-0.1, -0.05) is 33.1 Å². The molecule has 1 aromatic heterocycles. The molecule has 2 saturated carbocycles. The first-order chi connectivity index (χ1) is 13.1. The zero-order valence-electron chi connectivity index (χ0n) is 16.7. The number of thiazole rings is 1. The van der Waals surface area contributed by atoms with Crippen molar-refractivity contribution in [1.29, 1.82) is 0 Å². The summed E-state index contributed by atoms with van der Waals surface area (Å²) in [5, 5.41) is 7.02. The molecule has 0 atom stereocenters. The molecule has 2 amide bonds. The van der Waals surface area contributed by atoms with Gasteiger partial charge in [-0.15, -0.1) is 11.3 Å². The average Bonchev–Trinajstić information content (AvgIpc) is 3.32. The van der Waals surface area contributed by atoms with E-state index in [0.717, 1.165) is 68.6 Å². The zero-order valence-corrected chi connectivity index (χ0v) is 17.5. The highest BCUT2D eigenvalue weighted by Gasteiger charge is 2.30. The van der Waals surface area contributed by atoms with Gasteiger partial charge in [-0.2, -0.15) is 0 Å². The number of hydrogen-bond acceptors (Lipinski definition) is 4. The fourth-order valence-electron chi connectivity index (χ4n) is 4.36. The summed E-state index contributed by atoms with van der Waals surface area (Å²) in [7, 11) is 0. The number of amides is 2. The molecule has 6 heteroatoms. The van der Waals surface area contributed by atoms with Crippen LogP contribution in [0.1, 0.15) is 82.2 Å². The summed E-state index contributed by atoms with van der Waals surface area (Å²) >= 11 is 1.61. The summed E-state index contributed by atoms with van der Waals surface area (Å²) in [6.45, 7) is 4.29. The lowest BCUT2D eigenvalue weighted by molar-refractivity contribution is -0.125. The Balaban J connectivity index is 1.46. The van der Waals surface area contributed by atoms with E-state index in [0.29, 0.717) is 0 Å². The van der Waals surface area contributed by atoms with E-state index in [-0.39, 0.29) is 29.7 Å². The second-order valence-corrected chi connectivity index (χ2v) is 9.10. The molecule has 5 nitrogen and oxygen atoms in total. The molecule has 150 valence electrons. The maximum absolute atomic E-state index is 12.6. The maximum Gasteiger partial charge on any atom is 0.229 e. The Labute approximate surface area is 166 Å². The SMILES string of the molecule is CCCc1nc(NC(=O)C2CCC(NC(=O)C3CCCC3)CC2)sc1CC. The minimum absolute atomic E-state index is 0.0354. The number of rotatable bonds is 7. The highest BCUT2D eigenvalue weighted by molar-refractivity contribution is 7.15. The molecule has 2 aliphatic carbocycles. The molecular weight excluding hydrogens is 358 g/mol. The topological polar surface area (TPSA) is 71.1 Å². The molecule has 0 unspecified atom stereocenters. The fraction of sp³-hybridized carbons (Fsp3) is 0.762. The van der Waals surface area contributed by atoms with Crippen LogP contribution < -0.4 is 10.6 Å². The van der Waals surface area contributed by atoms with E-state index in [2.05, 4.69) is 29.5 Å². The van der Waals surface area contributed by atoms with Crippen LogP contribution >= 0.6 is 11.3 Å². The number of aromatic nitrogens is 1. The van der Waals surface area contributed by atoms with Crippen molar-refractivity contribution < 1.29 is 9.59 Å². The Morgan fingerprint density at radius 1 is 1.00 bits per heavy atom. The molecule has 0 saturated heterocycles. The number of anilines is 1. The van der Waals surface area contributed by atoms with E-state index in [1.54, 1.807) is 11.3 Å². The van der Waals surface area contributed by atoms with Crippen molar-refractivity contribution in [2.24, 2.45) is 11.8 Å². The molecule has 2 fully saturated rings. The molecule has 2 N–H and O–H groups in total. The van der Waals surface area contributed by atoms with Crippen LogP contribution in [0.5, 0.6) is 0 Å².